The van der Waals surface area contributed by atoms with Crippen LogP contribution in [0.15, 0.2) is 0 Å². The maximum Gasteiger partial charge on any atom is 0.251 e. The predicted molar refractivity (Wildman–Crippen MR) is 24.0 cm³/mol. The molecule has 0 bridgehead atoms. The number of halogens is 2. The average molecular weight is 104 g/mol. The molecule has 0 saturated carbocycles. The third-order valence-corrected chi connectivity index (χ3v) is 0.641. The Bertz CT molecular complexity index is 80.6. The molecule has 0 nitrogen and oxygen atoms in total. The van der Waals surface area contributed by atoms with E-state index in [1.165, 1.54) is 6.92 Å². The lowest BCUT2D eigenvalue weighted by atomic mass is 10.2. The van der Waals surface area contributed by atoms with Crippen LogP contribution >= 0.6 is 0 Å². The standard InChI is InChI=1S/C5H6F2/c1-3-4(2)5(6)7/h1,4-5H,2H3. The molecule has 1 unspecified atom stereocenters. The van der Waals surface area contributed by atoms with Crippen molar-refractivity contribution in [3.8, 4) is 12.3 Å². The van der Waals surface area contributed by atoms with Crippen LogP contribution in [0.1, 0.15) is 6.92 Å². The van der Waals surface area contributed by atoms with Gasteiger partial charge in [0.1, 0.15) is 0 Å². The second-order valence-corrected chi connectivity index (χ2v) is 1.29. The van der Waals surface area contributed by atoms with E-state index in [0.29, 0.717) is 0 Å². The first-order chi connectivity index (χ1) is 3.18. The summed E-state index contributed by atoms with van der Waals surface area (Å²) in [5.74, 6) is 1.01. The van der Waals surface area contributed by atoms with Gasteiger partial charge in [-0.25, -0.2) is 8.78 Å². The summed E-state index contributed by atoms with van der Waals surface area (Å²) in [4.78, 5) is 0. The minimum Gasteiger partial charge on any atom is -0.209 e. The van der Waals surface area contributed by atoms with E-state index in [4.69, 9.17) is 0 Å². The maximum absolute atomic E-state index is 11.3. The van der Waals surface area contributed by atoms with Crippen molar-refractivity contribution in [3.05, 3.63) is 0 Å². The minimum atomic E-state index is -2.37. The number of hydrogen-bond donors (Lipinski definition) is 0. The Morgan fingerprint density at radius 3 is 2.00 bits per heavy atom. The summed E-state index contributed by atoms with van der Waals surface area (Å²) in [6, 6.07) is 0. The fourth-order valence-corrected chi connectivity index (χ4v) is 0.0727. The first kappa shape index (κ1) is 6.42. The second kappa shape index (κ2) is 2.57. The SMILES string of the molecule is C#CC(C)C(F)F. The first-order valence-corrected chi connectivity index (χ1v) is 1.92. The normalized spacial score (nSPS) is 13.6. The lowest BCUT2D eigenvalue weighted by Gasteiger charge is -1.96. The number of terminal acetylenes is 1. The molecule has 7 heavy (non-hydrogen) atoms. The van der Waals surface area contributed by atoms with Crippen LogP contribution in [0, 0.1) is 18.3 Å². The number of rotatable bonds is 1. The summed E-state index contributed by atoms with van der Waals surface area (Å²) < 4.78 is 22.6. The molecule has 0 aliphatic carbocycles. The van der Waals surface area contributed by atoms with Crippen LogP contribution in [-0.2, 0) is 0 Å². The first-order valence-electron chi connectivity index (χ1n) is 1.92. The largest absolute Gasteiger partial charge is 0.251 e. The fourth-order valence-electron chi connectivity index (χ4n) is 0.0727. The molecule has 0 amide bonds. The predicted octanol–water partition coefficient (Wildman–Crippen LogP) is 1.52. The molecule has 0 rings (SSSR count). The van der Waals surface area contributed by atoms with Gasteiger partial charge in [0.15, 0.2) is 0 Å². The summed E-state index contributed by atoms with van der Waals surface area (Å²) in [5, 5.41) is 0. The van der Waals surface area contributed by atoms with Crippen LogP contribution in [0.4, 0.5) is 8.78 Å². The summed E-state index contributed by atoms with van der Waals surface area (Å²) in [7, 11) is 0. The van der Waals surface area contributed by atoms with E-state index in [-0.39, 0.29) is 0 Å². The van der Waals surface area contributed by atoms with Crippen molar-refractivity contribution in [2.75, 3.05) is 0 Å². The highest BCUT2D eigenvalue weighted by atomic mass is 19.3. The second-order valence-electron chi connectivity index (χ2n) is 1.29. The van der Waals surface area contributed by atoms with Crippen molar-refractivity contribution in [1.29, 1.82) is 0 Å². The van der Waals surface area contributed by atoms with Crippen molar-refractivity contribution in [2.45, 2.75) is 13.3 Å². The molecular weight excluding hydrogens is 98.1 g/mol. The summed E-state index contributed by atoms with van der Waals surface area (Å²) in [5.41, 5.74) is 0. The van der Waals surface area contributed by atoms with Gasteiger partial charge in [-0.05, 0) is 6.92 Å². The third-order valence-electron chi connectivity index (χ3n) is 0.641. The van der Waals surface area contributed by atoms with Gasteiger partial charge in [0, 0.05) is 0 Å². The highest BCUT2D eigenvalue weighted by molar-refractivity contribution is 4.91. The van der Waals surface area contributed by atoms with E-state index in [1.54, 1.807) is 0 Å². The molecule has 0 radical (unpaired) electrons. The Labute approximate surface area is 41.5 Å². The Morgan fingerprint density at radius 2 is 2.00 bits per heavy atom. The molecule has 1 atom stereocenters. The van der Waals surface area contributed by atoms with Gasteiger partial charge in [-0.15, -0.1) is 6.42 Å². The molecule has 0 fully saturated rings. The van der Waals surface area contributed by atoms with Crippen LogP contribution in [0.25, 0.3) is 0 Å². The van der Waals surface area contributed by atoms with Gasteiger partial charge in [0.05, 0.1) is 5.92 Å². The van der Waals surface area contributed by atoms with Crippen molar-refractivity contribution in [1.82, 2.24) is 0 Å². The smallest absolute Gasteiger partial charge is 0.209 e. The number of hydrogen-bond acceptors (Lipinski definition) is 0. The average Bonchev–Trinajstić information content (AvgIpc) is 1.65. The quantitative estimate of drug-likeness (QED) is 0.442. The zero-order chi connectivity index (χ0) is 5.86. The Hall–Kier alpha value is -0.580. The summed E-state index contributed by atoms with van der Waals surface area (Å²) >= 11 is 0. The third kappa shape index (κ3) is 2.16. The Morgan fingerprint density at radius 1 is 1.57 bits per heavy atom. The van der Waals surface area contributed by atoms with Gasteiger partial charge in [0.2, 0.25) is 0 Å². The summed E-state index contributed by atoms with van der Waals surface area (Å²) in [6.07, 6.45) is 2.27. The van der Waals surface area contributed by atoms with Crippen molar-refractivity contribution in [3.63, 3.8) is 0 Å². The molecule has 0 aliphatic heterocycles. The monoisotopic (exact) mass is 104 g/mol. The maximum atomic E-state index is 11.3. The van der Waals surface area contributed by atoms with E-state index in [9.17, 15) is 8.78 Å². The molecule has 0 aromatic carbocycles. The molecule has 0 aromatic heterocycles. The van der Waals surface area contributed by atoms with Gasteiger partial charge >= 0.3 is 0 Å². The molecule has 40 valence electrons. The molecule has 0 N–H and O–H groups in total. The molecule has 0 aliphatic rings. The van der Waals surface area contributed by atoms with Crippen LogP contribution in [0.5, 0.6) is 0 Å². The van der Waals surface area contributed by atoms with Crippen molar-refractivity contribution >= 4 is 0 Å². The minimum absolute atomic E-state index is 0.903. The molecule has 2 heteroatoms. The Kier molecular flexibility index (Phi) is 2.36. The molecule has 0 aromatic rings. The fraction of sp³-hybridized carbons (Fsp3) is 0.600. The Balaban J connectivity index is 3.40. The van der Waals surface area contributed by atoms with E-state index in [1.807, 2.05) is 5.92 Å². The topological polar surface area (TPSA) is 0 Å². The lowest BCUT2D eigenvalue weighted by Crippen LogP contribution is -2.01. The van der Waals surface area contributed by atoms with E-state index in [0.717, 1.165) is 0 Å². The van der Waals surface area contributed by atoms with Crippen molar-refractivity contribution in [2.24, 2.45) is 5.92 Å². The zero-order valence-corrected chi connectivity index (χ0v) is 3.99. The molecule has 0 saturated heterocycles. The van der Waals surface area contributed by atoms with Crippen LogP contribution in [-0.4, -0.2) is 6.43 Å². The molecule has 0 spiro atoms. The van der Waals surface area contributed by atoms with Crippen LogP contribution in [0.3, 0.4) is 0 Å². The van der Waals surface area contributed by atoms with E-state index < -0.39 is 12.3 Å². The highest BCUT2D eigenvalue weighted by Crippen LogP contribution is 2.05. The highest BCUT2D eigenvalue weighted by Gasteiger charge is 2.09. The van der Waals surface area contributed by atoms with E-state index in [2.05, 4.69) is 6.42 Å². The zero-order valence-electron chi connectivity index (χ0n) is 3.99. The van der Waals surface area contributed by atoms with Crippen LogP contribution in [0.2, 0.25) is 0 Å². The lowest BCUT2D eigenvalue weighted by molar-refractivity contribution is 0.113. The van der Waals surface area contributed by atoms with Gasteiger partial charge in [-0.2, -0.15) is 0 Å². The van der Waals surface area contributed by atoms with Crippen molar-refractivity contribution < 1.29 is 8.78 Å². The van der Waals surface area contributed by atoms with Gasteiger partial charge in [0.25, 0.3) is 6.43 Å². The van der Waals surface area contributed by atoms with Gasteiger partial charge < -0.3 is 0 Å². The van der Waals surface area contributed by atoms with E-state index >= 15 is 0 Å². The molecule has 0 heterocycles. The number of alkyl halides is 2. The van der Waals surface area contributed by atoms with Gasteiger partial charge in [-0.3, -0.25) is 0 Å². The van der Waals surface area contributed by atoms with Crippen LogP contribution < -0.4 is 0 Å². The summed E-state index contributed by atoms with van der Waals surface area (Å²) in [6.45, 7) is 1.31. The van der Waals surface area contributed by atoms with Gasteiger partial charge in [-0.1, -0.05) is 5.92 Å². The molecular formula is C5H6F2.